The normalized spacial score (nSPS) is 12.3. The molecule has 0 radical (unpaired) electrons. The first-order valence-electron chi connectivity index (χ1n) is 6.51. The lowest BCUT2D eigenvalue weighted by Gasteiger charge is -2.13. The molecule has 0 amide bonds. The Bertz CT molecular complexity index is 340. The third-order valence-electron chi connectivity index (χ3n) is 2.46. The Morgan fingerprint density at radius 1 is 0.950 bits per heavy atom. The summed E-state index contributed by atoms with van der Waals surface area (Å²) in [5, 5.41) is 17.7. The second-order valence-corrected chi connectivity index (χ2v) is 4.30. The van der Waals surface area contributed by atoms with E-state index in [0.717, 1.165) is 11.3 Å². The van der Waals surface area contributed by atoms with Crippen LogP contribution in [-0.2, 0) is 14.4 Å². The number of rotatable bonds is 11. The maximum absolute atomic E-state index is 9.66. The van der Waals surface area contributed by atoms with Crippen molar-refractivity contribution in [1.29, 1.82) is 0 Å². The number of hydrogen-bond acceptors (Lipinski definition) is 6. The van der Waals surface area contributed by atoms with E-state index in [2.05, 4.69) is 4.89 Å². The first-order valence-corrected chi connectivity index (χ1v) is 6.51. The van der Waals surface area contributed by atoms with Gasteiger partial charge in [0.15, 0.2) is 0 Å². The summed E-state index contributed by atoms with van der Waals surface area (Å²) >= 11 is 0. The minimum atomic E-state index is -0.683. The van der Waals surface area contributed by atoms with Crippen LogP contribution in [0.25, 0.3) is 0 Å². The molecule has 0 fully saturated rings. The van der Waals surface area contributed by atoms with Gasteiger partial charge in [0.25, 0.3) is 0 Å². The van der Waals surface area contributed by atoms with Crippen LogP contribution < -0.4 is 4.74 Å². The third-order valence-corrected chi connectivity index (χ3v) is 2.46. The molecule has 0 aliphatic rings. The third kappa shape index (κ3) is 8.08. The summed E-state index contributed by atoms with van der Waals surface area (Å²) in [6.07, 6.45) is -0.683. The van der Waals surface area contributed by atoms with Crippen molar-refractivity contribution in [3.8, 4) is 5.75 Å². The summed E-state index contributed by atoms with van der Waals surface area (Å²) in [6.45, 7) is 3.56. The summed E-state index contributed by atoms with van der Waals surface area (Å²) in [5.74, 6) is 0.724. The summed E-state index contributed by atoms with van der Waals surface area (Å²) in [6, 6.07) is 7.62. The second-order valence-electron chi connectivity index (χ2n) is 4.30. The van der Waals surface area contributed by atoms with Gasteiger partial charge in [-0.3, -0.25) is 5.26 Å². The highest BCUT2D eigenvalue weighted by Crippen LogP contribution is 2.11. The molecule has 0 bridgehead atoms. The minimum absolute atomic E-state index is 0.132. The fraction of sp³-hybridized carbons (Fsp3) is 0.571. The van der Waals surface area contributed by atoms with Gasteiger partial charge in [-0.2, -0.15) is 0 Å². The molecule has 6 heteroatoms. The van der Waals surface area contributed by atoms with Gasteiger partial charge < -0.3 is 19.3 Å². The molecule has 0 aliphatic carbocycles. The molecule has 0 spiro atoms. The molecule has 0 heterocycles. The molecule has 1 atom stereocenters. The minimum Gasteiger partial charge on any atom is -0.491 e. The molecule has 1 aromatic carbocycles. The number of hydrogen-bond donors (Lipinski definition) is 2. The van der Waals surface area contributed by atoms with Crippen LogP contribution in [-0.4, -0.2) is 56.1 Å². The van der Waals surface area contributed by atoms with Gasteiger partial charge in [-0.05, 0) is 19.1 Å². The van der Waals surface area contributed by atoms with Gasteiger partial charge in [-0.15, -0.1) is 0 Å². The molecule has 20 heavy (non-hydrogen) atoms. The van der Waals surface area contributed by atoms with Crippen molar-refractivity contribution in [1.82, 2.24) is 0 Å². The number of benzene rings is 1. The van der Waals surface area contributed by atoms with Crippen molar-refractivity contribution in [3.63, 3.8) is 0 Å². The van der Waals surface area contributed by atoms with E-state index in [-0.39, 0.29) is 19.8 Å². The zero-order valence-corrected chi connectivity index (χ0v) is 11.7. The highest BCUT2D eigenvalue weighted by molar-refractivity contribution is 5.26. The molecule has 0 saturated carbocycles. The molecule has 0 aromatic heterocycles. The van der Waals surface area contributed by atoms with E-state index in [9.17, 15) is 5.11 Å². The second kappa shape index (κ2) is 10.6. The van der Waals surface area contributed by atoms with Crippen molar-refractivity contribution < 1.29 is 29.5 Å². The quantitative estimate of drug-likeness (QED) is 0.362. The van der Waals surface area contributed by atoms with Gasteiger partial charge in [-0.1, -0.05) is 17.7 Å². The lowest BCUT2D eigenvalue weighted by molar-refractivity contribution is -0.249. The predicted molar refractivity (Wildman–Crippen MR) is 72.9 cm³/mol. The standard InChI is InChI=1S/C14H22O6/c1-12-2-4-14(5-3-12)19-11-13(15)10-18-7-6-17-8-9-20-16/h2-5,13,15-16H,6-11H2,1H3. The molecular weight excluding hydrogens is 264 g/mol. The summed E-state index contributed by atoms with van der Waals surface area (Å²) in [5.41, 5.74) is 1.16. The number of aryl methyl sites for hydroxylation is 1. The Morgan fingerprint density at radius 2 is 1.60 bits per heavy atom. The fourth-order valence-electron chi connectivity index (χ4n) is 1.41. The van der Waals surface area contributed by atoms with Crippen LogP contribution in [0.4, 0.5) is 0 Å². The van der Waals surface area contributed by atoms with Gasteiger partial charge in [0.2, 0.25) is 0 Å². The molecule has 2 N–H and O–H groups in total. The van der Waals surface area contributed by atoms with Gasteiger partial charge in [0.1, 0.15) is 25.1 Å². The predicted octanol–water partition coefficient (Wildman–Crippen LogP) is 1.26. The highest BCUT2D eigenvalue weighted by Gasteiger charge is 2.05. The maximum Gasteiger partial charge on any atom is 0.119 e. The van der Waals surface area contributed by atoms with Crippen LogP contribution in [0.3, 0.4) is 0 Å². The van der Waals surface area contributed by atoms with Crippen molar-refractivity contribution in [2.45, 2.75) is 13.0 Å². The zero-order chi connectivity index (χ0) is 14.6. The molecule has 0 aliphatic heterocycles. The highest BCUT2D eigenvalue weighted by atomic mass is 17.1. The first-order chi connectivity index (χ1) is 9.72. The van der Waals surface area contributed by atoms with Crippen molar-refractivity contribution in [2.24, 2.45) is 0 Å². The zero-order valence-electron chi connectivity index (χ0n) is 11.7. The SMILES string of the molecule is Cc1ccc(OCC(O)COCCOCCOO)cc1. The van der Waals surface area contributed by atoms with Gasteiger partial charge in [0, 0.05) is 0 Å². The van der Waals surface area contributed by atoms with E-state index >= 15 is 0 Å². The largest absolute Gasteiger partial charge is 0.491 e. The molecule has 0 saturated heterocycles. The van der Waals surface area contributed by atoms with Crippen LogP contribution in [0.2, 0.25) is 0 Å². The Morgan fingerprint density at radius 3 is 2.30 bits per heavy atom. The lowest BCUT2D eigenvalue weighted by Crippen LogP contribution is -2.24. The van der Waals surface area contributed by atoms with Gasteiger partial charge >= 0.3 is 0 Å². The van der Waals surface area contributed by atoms with Crippen LogP contribution >= 0.6 is 0 Å². The maximum atomic E-state index is 9.66. The van der Waals surface area contributed by atoms with E-state index in [1.54, 1.807) is 0 Å². The Balaban J connectivity index is 2.00. The van der Waals surface area contributed by atoms with E-state index in [4.69, 9.17) is 19.5 Å². The average Bonchev–Trinajstić information content (AvgIpc) is 2.46. The molecule has 1 rings (SSSR count). The molecular formula is C14H22O6. The number of ether oxygens (including phenoxy) is 3. The smallest absolute Gasteiger partial charge is 0.119 e. The molecule has 114 valence electrons. The van der Waals surface area contributed by atoms with E-state index < -0.39 is 6.10 Å². The fourth-order valence-corrected chi connectivity index (χ4v) is 1.41. The monoisotopic (exact) mass is 286 g/mol. The van der Waals surface area contributed by atoms with Crippen LogP contribution in [0.1, 0.15) is 5.56 Å². The van der Waals surface area contributed by atoms with Crippen molar-refractivity contribution in [2.75, 3.05) is 39.6 Å². The molecule has 6 nitrogen and oxygen atoms in total. The molecule has 1 unspecified atom stereocenters. The van der Waals surface area contributed by atoms with Gasteiger partial charge in [-0.25, -0.2) is 4.89 Å². The van der Waals surface area contributed by atoms with E-state index in [1.807, 2.05) is 31.2 Å². The number of aliphatic hydroxyl groups excluding tert-OH is 1. The van der Waals surface area contributed by atoms with E-state index in [0.29, 0.717) is 19.8 Å². The van der Waals surface area contributed by atoms with Crippen LogP contribution in [0, 0.1) is 6.92 Å². The van der Waals surface area contributed by atoms with Crippen molar-refractivity contribution in [3.05, 3.63) is 29.8 Å². The number of aliphatic hydroxyl groups is 1. The topological polar surface area (TPSA) is 77.4 Å². The summed E-state index contributed by atoms with van der Waals surface area (Å²) in [7, 11) is 0. The first kappa shape index (κ1) is 16.9. The average molecular weight is 286 g/mol. The lowest BCUT2D eigenvalue weighted by atomic mass is 10.2. The van der Waals surface area contributed by atoms with Crippen molar-refractivity contribution >= 4 is 0 Å². The summed E-state index contributed by atoms with van der Waals surface area (Å²) < 4.78 is 15.7. The van der Waals surface area contributed by atoms with Crippen LogP contribution in [0.15, 0.2) is 24.3 Å². The summed E-state index contributed by atoms with van der Waals surface area (Å²) in [4.78, 5) is 3.85. The van der Waals surface area contributed by atoms with Gasteiger partial charge in [0.05, 0.1) is 26.4 Å². The van der Waals surface area contributed by atoms with Crippen LogP contribution in [0.5, 0.6) is 5.75 Å². The molecule has 1 aromatic rings. The Labute approximate surface area is 118 Å². The Kier molecular flexibility index (Phi) is 8.93. The van der Waals surface area contributed by atoms with E-state index in [1.165, 1.54) is 0 Å². The Hall–Kier alpha value is -1.18.